The molecule has 1 fully saturated rings. The van der Waals surface area contributed by atoms with Crippen molar-refractivity contribution in [2.75, 3.05) is 37.8 Å². The zero-order valence-electron chi connectivity index (χ0n) is 33.7. The Morgan fingerprint density at radius 2 is 1.63 bits per heavy atom. The number of imidazole rings is 1. The number of aromatic nitrogens is 4. The SMILES string of the molecule is CCCC(O)CC(O)CC(O)CC(=O)SCCNC(=O)CCNC(=O)C(O)C(C)(C)COP(=O)(O)OP(=O)(O)OC[C@H]1O[C@@H](n2cnc3c(N)ncnc32)[C@H](O)[C@@H]1OP(=O)(O)O. The van der Waals surface area contributed by atoms with Crippen molar-refractivity contribution in [2.45, 2.75) is 108 Å². The number of aliphatic hydroxyl groups is 5. The number of nitrogens with two attached hydrogens (primary N) is 1. The number of nitrogens with one attached hydrogen (secondary N) is 2. The van der Waals surface area contributed by atoms with E-state index in [1.54, 1.807) is 0 Å². The van der Waals surface area contributed by atoms with Crippen LogP contribution in [0.5, 0.6) is 0 Å². The van der Waals surface area contributed by atoms with Gasteiger partial charge in [0.25, 0.3) is 0 Å². The molecule has 31 heteroatoms. The van der Waals surface area contributed by atoms with Gasteiger partial charge in [0.05, 0.1) is 37.9 Å². The Hall–Kier alpha value is -2.56. The first-order chi connectivity index (χ1) is 28.7. The number of ether oxygens (including phenoxy) is 1. The smallest absolute Gasteiger partial charge is 0.393 e. The Morgan fingerprint density at radius 1 is 0.968 bits per heavy atom. The van der Waals surface area contributed by atoms with E-state index in [1.165, 1.54) is 13.8 Å². The fourth-order valence-corrected chi connectivity index (χ4v) is 9.38. The van der Waals surface area contributed by atoms with E-state index in [4.69, 9.17) is 19.5 Å². The molecule has 1 aliphatic heterocycles. The second-order valence-electron chi connectivity index (χ2n) is 14.7. The maximum absolute atomic E-state index is 12.7. The number of hydrogen-bond acceptors (Lipinski definition) is 21. The molecular weight excluding hydrogens is 915 g/mol. The third kappa shape index (κ3) is 17.4. The number of rotatable bonds is 27. The number of nitrogen functional groups attached to an aromatic ring is 1. The summed E-state index contributed by atoms with van der Waals surface area (Å²) in [7, 11) is -16.5. The zero-order chi connectivity index (χ0) is 46.6. The van der Waals surface area contributed by atoms with Crippen LogP contribution < -0.4 is 16.4 Å². The van der Waals surface area contributed by atoms with Crippen LogP contribution in [0.1, 0.15) is 65.5 Å². The second kappa shape index (κ2) is 23.6. The van der Waals surface area contributed by atoms with Crippen molar-refractivity contribution >= 4 is 69.1 Å². The number of carbonyl (C=O) groups is 3. The summed E-state index contributed by atoms with van der Waals surface area (Å²) in [4.78, 5) is 87.9. The van der Waals surface area contributed by atoms with Gasteiger partial charge in [-0.05, 0) is 19.3 Å². The highest BCUT2D eigenvalue weighted by Crippen LogP contribution is 2.61. The standard InChI is InChI=1S/C31H54N7O20P3S/c1-4-5-17(39)10-18(40)11-19(41)12-22(43)62-9-8-33-21(42)6-7-34-29(46)26(45)31(2,3)14-55-61(52,53)58-60(50,51)54-13-20-25(57-59(47,48)49)24(44)30(56-20)38-16-37-23-27(32)35-15-36-28(23)38/h15-20,24-26,30,39-41,44-45H,4-14H2,1-3H3,(H,33,42)(H,34,46)(H,50,51)(H,52,53)(H2,32,35,36)(H2,47,48,49)/t17?,18?,19?,20-,24-,25-,26?,30-/m1/s1. The number of amides is 2. The van der Waals surface area contributed by atoms with Gasteiger partial charge in [-0.15, -0.1) is 0 Å². The molecule has 0 bridgehead atoms. The fourth-order valence-electron chi connectivity index (χ4n) is 5.81. The maximum Gasteiger partial charge on any atom is 0.481 e. The van der Waals surface area contributed by atoms with E-state index in [1.807, 2.05) is 6.92 Å². The fraction of sp³-hybridized carbons (Fsp3) is 0.742. The molecule has 0 saturated carbocycles. The van der Waals surface area contributed by atoms with Crippen LogP contribution in [0.2, 0.25) is 0 Å². The number of anilines is 1. The number of aliphatic hydroxyl groups excluding tert-OH is 5. The largest absolute Gasteiger partial charge is 0.481 e. The first-order valence-electron chi connectivity index (χ1n) is 18.8. The summed E-state index contributed by atoms with van der Waals surface area (Å²) in [6.45, 7) is 2.06. The number of hydrogen-bond donors (Lipinski definition) is 12. The van der Waals surface area contributed by atoms with Crippen LogP contribution in [0.4, 0.5) is 5.82 Å². The van der Waals surface area contributed by atoms with E-state index in [9.17, 15) is 73.2 Å². The van der Waals surface area contributed by atoms with Crippen molar-refractivity contribution in [1.29, 1.82) is 0 Å². The highest BCUT2D eigenvalue weighted by molar-refractivity contribution is 8.13. The quantitative estimate of drug-likeness (QED) is 0.0366. The van der Waals surface area contributed by atoms with Crippen LogP contribution in [0.25, 0.3) is 11.2 Å². The van der Waals surface area contributed by atoms with Crippen LogP contribution >= 0.6 is 35.2 Å². The highest BCUT2D eigenvalue weighted by Gasteiger charge is 2.50. The Balaban J connectivity index is 1.41. The van der Waals surface area contributed by atoms with Crippen LogP contribution in [0.3, 0.4) is 0 Å². The molecule has 6 unspecified atom stereocenters. The molecule has 3 heterocycles. The number of phosphoric ester groups is 3. The van der Waals surface area contributed by atoms with Crippen molar-refractivity contribution in [3.8, 4) is 0 Å². The number of fused-ring (bicyclic) bond motifs is 1. The number of carbonyl (C=O) groups excluding carboxylic acids is 3. The zero-order valence-corrected chi connectivity index (χ0v) is 37.2. The summed E-state index contributed by atoms with van der Waals surface area (Å²) < 4.78 is 62.2. The van der Waals surface area contributed by atoms with E-state index in [0.717, 1.165) is 35.4 Å². The third-order valence-electron chi connectivity index (χ3n) is 8.88. The third-order valence-corrected chi connectivity index (χ3v) is 12.9. The molecule has 2 aromatic heterocycles. The van der Waals surface area contributed by atoms with Crippen LogP contribution in [0, 0.1) is 5.41 Å². The van der Waals surface area contributed by atoms with Crippen LogP contribution in [-0.2, 0) is 50.7 Å². The minimum atomic E-state index is -5.60. The summed E-state index contributed by atoms with van der Waals surface area (Å²) in [5, 5.41) is 55.8. The molecule has 0 aromatic carbocycles. The Bertz CT molecular complexity index is 1960. The van der Waals surface area contributed by atoms with E-state index in [0.29, 0.717) is 6.42 Å². The monoisotopic (exact) mass is 969 g/mol. The van der Waals surface area contributed by atoms with Gasteiger partial charge in [0, 0.05) is 37.1 Å². The minimum Gasteiger partial charge on any atom is -0.393 e. The van der Waals surface area contributed by atoms with Crippen LogP contribution in [-0.4, -0.2) is 156 Å². The molecule has 1 aliphatic rings. The van der Waals surface area contributed by atoms with Gasteiger partial charge in [-0.25, -0.2) is 28.6 Å². The molecular formula is C31H54N7O20P3S. The van der Waals surface area contributed by atoms with Gasteiger partial charge in [0.1, 0.15) is 36.3 Å². The lowest BCUT2D eigenvalue weighted by molar-refractivity contribution is -0.137. The van der Waals surface area contributed by atoms with Gasteiger partial charge in [-0.2, -0.15) is 4.31 Å². The average molecular weight is 970 g/mol. The molecule has 27 nitrogen and oxygen atoms in total. The average Bonchev–Trinajstić information content (AvgIpc) is 3.71. The molecule has 3 rings (SSSR count). The molecule has 2 amide bonds. The van der Waals surface area contributed by atoms with E-state index in [2.05, 4.69) is 34.4 Å². The first-order valence-corrected chi connectivity index (χ1v) is 24.3. The van der Waals surface area contributed by atoms with Crippen molar-refractivity contribution in [3.63, 3.8) is 0 Å². The summed E-state index contributed by atoms with van der Waals surface area (Å²) in [6, 6.07) is 0. The topological polar surface area (TPSA) is 424 Å². The molecule has 10 atom stereocenters. The van der Waals surface area contributed by atoms with E-state index < -0.39 is 103 Å². The molecule has 354 valence electrons. The molecule has 13 N–H and O–H groups in total. The molecule has 1 saturated heterocycles. The van der Waals surface area contributed by atoms with Gasteiger partial charge >= 0.3 is 23.5 Å². The van der Waals surface area contributed by atoms with Gasteiger partial charge in [0.15, 0.2) is 22.8 Å². The normalized spacial score (nSPS) is 22.3. The molecule has 0 aliphatic carbocycles. The molecule has 0 spiro atoms. The van der Waals surface area contributed by atoms with E-state index >= 15 is 0 Å². The predicted octanol–water partition coefficient (Wildman–Crippen LogP) is -1.28. The highest BCUT2D eigenvalue weighted by atomic mass is 32.2. The van der Waals surface area contributed by atoms with E-state index in [-0.39, 0.29) is 66.6 Å². The van der Waals surface area contributed by atoms with Gasteiger partial charge in [0.2, 0.25) is 11.8 Å². The van der Waals surface area contributed by atoms with Gasteiger partial charge in [-0.1, -0.05) is 39.0 Å². The lowest BCUT2D eigenvalue weighted by atomic mass is 9.87. The summed E-state index contributed by atoms with van der Waals surface area (Å²) in [5.41, 5.74) is 4.20. The first kappa shape index (κ1) is 53.8. The van der Waals surface area contributed by atoms with Gasteiger partial charge < -0.3 is 66.2 Å². The lowest BCUT2D eigenvalue weighted by Crippen LogP contribution is -2.46. The van der Waals surface area contributed by atoms with Crippen LogP contribution in [0.15, 0.2) is 12.7 Å². The van der Waals surface area contributed by atoms with Crippen molar-refractivity contribution in [2.24, 2.45) is 5.41 Å². The summed E-state index contributed by atoms with van der Waals surface area (Å²) >= 11 is 0.857. The summed E-state index contributed by atoms with van der Waals surface area (Å²) in [6.07, 6.45) is -8.88. The second-order valence-corrected chi connectivity index (χ2v) is 20.1. The Kier molecular flexibility index (Phi) is 20.4. The predicted molar refractivity (Wildman–Crippen MR) is 214 cm³/mol. The lowest BCUT2D eigenvalue weighted by Gasteiger charge is -2.30. The van der Waals surface area contributed by atoms with Crippen molar-refractivity contribution in [3.05, 3.63) is 12.7 Å². The number of nitrogens with zero attached hydrogens (tertiary/aromatic N) is 4. The number of phosphoric acid groups is 3. The Labute approximate surface area is 358 Å². The molecule has 2 aromatic rings. The van der Waals surface area contributed by atoms with Crippen molar-refractivity contribution < 1.29 is 95.8 Å². The Morgan fingerprint density at radius 3 is 2.29 bits per heavy atom. The van der Waals surface area contributed by atoms with Crippen molar-refractivity contribution in [1.82, 2.24) is 30.2 Å². The molecule has 62 heavy (non-hydrogen) atoms. The maximum atomic E-state index is 12.7. The summed E-state index contributed by atoms with van der Waals surface area (Å²) in [5.74, 6) is -1.44. The molecule has 0 radical (unpaired) electrons. The number of thioether (sulfide) groups is 1. The van der Waals surface area contributed by atoms with Gasteiger partial charge in [-0.3, -0.25) is 32.5 Å². The minimum absolute atomic E-state index is 0.0179.